The summed E-state index contributed by atoms with van der Waals surface area (Å²) >= 11 is 3.22. The van der Waals surface area contributed by atoms with Gasteiger partial charge >= 0.3 is 0 Å². The highest BCUT2D eigenvalue weighted by Crippen LogP contribution is 2.27. The molecular weight excluding hydrogens is 319 g/mol. The van der Waals surface area contributed by atoms with Crippen LogP contribution in [0.4, 0.5) is 4.39 Å². The second kappa shape index (κ2) is 7.53. The van der Waals surface area contributed by atoms with Gasteiger partial charge in [-0.3, -0.25) is 11.3 Å². The Morgan fingerprint density at radius 1 is 1.35 bits per heavy atom. The minimum absolute atomic E-state index is 0.213. The molecule has 4 heteroatoms. The molecule has 0 aliphatic rings. The van der Waals surface area contributed by atoms with Crippen LogP contribution in [0.2, 0.25) is 0 Å². The predicted octanol–water partition coefficient (Wildman–Crippen LogP) is 4.43. The highest BCUT2D eigenvalue weighted by Gasteiger charge is 2.19. The Morgan fingerprint density at radius 3 is 2.50 bits per heavy atom. The quantitative estimate of drug-likeness (QED) is 0.591. The van der Waals surface area contributed by atoms with Gasteiger partial charge in [0.15, 0.2) is 0 Å². The maximum absolute atomic E-state index is 13.2. The van der Waals surface area contributed by atoms with E-state index in [0.29, 0.717) is 15.8 Å². The van der Waals surface area contributed by atoms with Crippen LogP contribution < -0.4 is 11.3 Å². The second-order valence-electron chi connectivity index (χ2n) is 6.92. The molecule has 0 spiro atoms. The van der Waals surface area contributed by atoms with Gasteiger partial charge in [-0.1, -0.05) is 33.8 Å². The molecule has 0 aromatic heterocycles. The summed E-state index contributed by atoms with van der Waals surface area (Å²) in [5.74, 6) is 6.03. The third-order valence-corrected chi connectivity index (χ3v) is 3.96. The van der Waals surface area contributed by atoms with Gasteiger partial charge in [0.25, 0.3) is 0 Å². The molecule has 2 atom stereocenters. The van der Waals surface area contributed by atoms with Crippen molar-refractivity contribution in [3.8, 4) is 0 Å². The maximum atomic E-state index is 13.2. The molecule has 0 aliphatic carbocycles. The third-order valence-electron chi connectivity index (χ3n) is 3.35. The fraction of sp³-hybridized carbons (Fsp3) is 0.625. The fourth-order valence-corrected chi connectivity index (χ4v) is 3.20. The summed E-state index contributed by atoms with van der Waals surface area (Å²) in [5, 5.41) is 0. The molecule has 3 N–H and O–H groups in total. The van der Waals surface area contributed by atoms with Gasteiger partial charge in [0, 0.05) is 6.04 Å². The van der Waals surface area contributed by atoms with Gasteiger partial charge in [0.1, 0.15) is 5.82 Å². The van der Waals surface area contributed by atoms with Crippen molar-refractivity contribution in [1.82, 2.24) is 5.43 Å². The number of nitrogens with one attached hydrogen (secondary N) is 1. The molecule has 2 nitrogen and oxygen atoms in total. The van der Waals surface area contributed by atoms with Gasteiger partial charge in [0.05, 0.1) is 4.47 Å². The first-order valence-electron chi connectivity index (χ1n) is 7.11. The molecular formula is C16H26BrFN2. The molecule has 114 valence electrons. The molecule has 1 aromatic carbocycles. The Kier molecular flexibility index (Phi) is 6.62. The van der Waals surface area contributed by atoms with E-state index >= 15 is 0 Å². The van der Waals surface area contributed by atoms with E-state index in [1.54, 1.807) is 0 Å². The van der Waals surface area contributed by atoms with Crippen molar-refractivity contribution in [3.63, 3.8) is 0 Å². The molecule has 0 fully saturated rings. The van der Waals surface area contributed by atoms with E-state index in [1.807, 2.05) is 12.1 Å². The molecule has 0 saturated carbocycles. The van der Waals surface area contributed by atoms with Crippen LogP contribution in [0, 0.1) is 17.2 Å². The first kappa shape index (κ1) is 17.6. The zero-order valence-corrected chi connectivity index (χ0v) is 14.4. The molecule has 0 saturated heterocycles. The van der Waals surface area contributed by atoms with Gasteiger partial charge in [-0.15, -0.1) is 0 Å². The number of hydrogen-bond acceptors (Lipinski definition) is 2. The van der Waals surface area contributed by atoms with Crippen LogP contribution in [0.3, 0.4) is 0 Å². The summed E-state index contributed by atoms with van der Waals surface area (Å²) in [7, 11) is 0. The lowest BCUT2D eigenvalue weighted by Gasteiger charge is -2.26. The first-order chi connectivity index (χ1) is 9.21. The Hall–Kier alpha value is -0.450. The molecule has 1 aromatic rings. The molecule has 0 amide bonds. The number of rotatable bonds is 6. The summed E-state index contributed by atoms with van der Waals surface area (Å²) < 4.78 is 13.7. The lowest BCUT2D eigenvalue weighted by molar-refractivity contribution is 0.274. The number of hydrogen-bond donors (Lipinski definition) is 2. The van der Waals surface area contributed by atoms with Gasteiger partial charge in [0.2, 0.25) is 0 Å². The summed E-state index contributed by atoms with van der Waals surface area (Å²) in [5.41, 5.74) is 4.31. The molecule has 20 heavy (non-hydrogen) atoms. The minimum atomic E-state index is -0.230. The summed E-state index contributed by atoms with van der Waals surface area (Å²) in [6.07, 6.45) is 2.99. The smallest absolute Gasteiger partial charge is 0.137 e. The Bertz CT molecular complexity index is 429. The van der Waals surface area contributed by atoms with Gasteiger partial charge < -0.3 is 0 Å². The van der Waals surface area contributed by atoms with Crippen molar-refractivity contribution in [3.05, 3.63) is 34.1 Å². The van der Waals surface area contributed by atoms with Crippen molar-refractivity contribution < 1.29 is 4.39 Å². The minimum Gasteiger partial charge on any atom is -0.271 e. The highest BCUT2D eigenvalue weighted by molar-refractivity contribution is 9.10. The van der Waals surface area contributed by atoms with Gasteiger partial charge in [-0.2, -0.15) is 0 Å². The largest absolute Gasteiger partial charge is 0.271 e. The van der Waals surface area contributed by atoms with Crippen molar-refractivity contribution in [1.29, 1.82) is 0 Å². The van der Waals surface area contributed by atoms with Gasteiger partial charge in [-0.05, 0) is 64.2 Å². The molecule has 2 unspecified atom stereocenters. The van der Waals surface area contributed by atoms with Gasteiger partial charge in [-0.25, -0.2) is 4.39 Å². The normalized spacial score (nSPS) is 15.2. The summed E-state index contributed by atoms with van der Waals surface area (Å²) in [4.78, 5) is 0. The standard InChI is InChI=1S/C16H26BrFN2/c1-11(10-16(2,3)4)7-13(20-19)8-12-5-6-15(18)14(17)9-12/h5-6,9,11,13,20H,7-8,10,19H2,1-4H3. The van der Waals surface area contributed by atoms with E-state index in [4.69, 9.17) is 5.84 Å². The van der Waals surface area contributed by atoms with Crippen molar-refractivity contribution >= 4 is 15.9 Å². The average molecular weight is 345 g/mol. The van der Waals surface area contributed by atoms with Crippen molar-refractivity contribution in [2.45, 2.75) is 53.0 Å². The lowest BCUT2D eigenvalue weighted by atomic mass is 9.82. The number of hydrazine groups is 1. The first-order valence-corrected chi connectivity index (χ1v) is 7.90. The highest BCUT2D eigenvalue weighted by atomic mass is 79.9. The number of benzene rings is 1. The van der Waals surface area contributed by atoms with Crippen LogP contribution in [0.5, 0.6) is 0 Å². The lowest BCUT2D eigenvalue weighted by Crippen LogP contribution is -2.38. The predicted molar refractivity (Wildman–Crippen MR) is 86.8 cm³/mol. The van der Waals surface area contributed by atoms with Crippen LogP contribution >= 0.6 is 15.9 Å². The SMILES string of the molecule is CC(CC(Cc1ccc(F)c(Br)c1)NN)CC(C)(C)C. The Labute approximate surface area is 130 Å². The van der Waals surface area contributed by atoms with E-state index < -0.39 is 0 Å². The number of nitrogens with two attached hydrogens (primary N) is 1. The van der Waals surface area contributed by atoms with Crippen LogP contribution in [0.15, 0.2) is 22.7 Å². The van der Waals surface area contributed by atoms with E-state index in [2.05, 4.69) is 49.1 Å². The molecule has 1 rings (SSSR count). The molecule has 0 radical (unpaired) electrons. The molecule has 0 heterocycles. The zero-order chi connectivity index (χ0) is 15.3. The Morgan fingerprint density at radius 2 is 2.00 bits per heavy atom. The molecule has 0 bridgehead atoms. The fourth-order valence-electron chi connectivity index (χ4n) is 2.78. The van der Waals surface area contributed by atoms with Crippen LogP contribution in [0.25, 0.3) is 0 Å². The van der Waals surface area contributed by atoms with E-state index in [1.165, 1.54) is 6.07 Å². The second-order valence-corrected chi connectivity index (χ2v) is 7.78. The van der Waals surface area contributed by atoms with Crippen LogP contribution in [-0.4, -0.2) is 6.04 Å². The average Bonchev–Trinajstić information content (AvgIpc) is 2.30. The summed E-state index contributed by atoms with van der Waals surface area (Å²) in [6.45, 7) is 9.03. The zero-order valence-electron chi connectivity index (χ0n) is 12.8. The van der Waals surface area contributed by atoms with Crippen LogP contribution in [-0.2, 0) is 6.42 Å². The molecule has 0 aliphatic heterocycles. The van der Waals surface area contributed by atoms with E-state index in [9.17, 15) is 4.39 Å². The number of halogens is 2. The van der Waals surface area contributed by atoms with E-state index in [0.717, 1.165) is 24.8 Å². The maximum Gasteiger partial charge on any atom is 0.137 e. The van der Waals surface area contributed by atoms with Crippen LogP contribution in [0.1, 0.15) is 46.1 Å². The van der Waals surface area contributed by atoms with E-state index in [-0.39, 0.29) is 11.9 Å². The Balaban J connectivity index is 2.60. The van der Waals surface area contributed by atoms with Crippen molar-refractivity contribution in [2.24, 2.45) is 17.2 Å². The van der Waals surface area contributed by atoms with Crippen molar-refractivity contribution in [2.75, 3.05) is 0 Å². The topological polar surface area (TPSA) is 38.0 Å². The monoisotopic (exact) mass is 344 g/mol. The third kappa shape index (κ3) is 6.33. The summed E-state index contributed by atoms with van der Waals surface area (Å²) in [6, 6.07) is 5.35.